The van der Waals surface area contributed by atoms with Gasteiger partial charge in [-0.3, -0.25) is 4.98 Å². The van der Waals surface area contributed by atoms with E-state index >= 15 is 0 Å². The highest BCUT2D eigenvalue weighted by atomic mass is 19.1. The molecule has 4 heterocycles. The Morgan fingerprint density at radius 3 is 3.04 bits per heavy atom. The highest BCUT2D eigenvalue weighted by Gasteiger charge is 2.30. The maximum atomic E-state index is 14.0. The first-order valence-electron chi connectivity index (χ1n) is 9.50. The van der Waals surface area contributed by atoms with Gasteiger partial charge in [0.2, 0.25) is 0 Å². The second kappa shape index (κ2) is 7.23. The van der Waals surface area contributed by atoms with Crippen molar-refractivity contribution in [2.24, 2.45) is 5.73 Å². The Labute approximate surface area is 158 Å². The zero-order valence-corrected chi connectivity index (χ0v) is 15.8. The summed E-state index contributed by atoms with van der Waals surface area (Å²) in [5.74, 6) is 0.604. The summed E-state index contributed by atoms with van der Waals surface area (Å²) in [7, 11) is 0. The van der Waals surface area contributed by atoms with Gasteiger partial charge >= 0.3 is 0 Å². The normalized spacial score (nSPS) is 18.4. The molecule has 3 aromatic heterocycles. The molecule has 1 aliphatic heterocycles. The van der Waals surface area contributed by atoms with E-state index in [0.717, 1.165) is 60.5 Å². The molecule has 27 heavy (non-hydrogen) atoms. The zero-order chi connectivity index (χ0) is 19.0. The molecule has 0 aliphatic carbocycles. The van der Waals surface area contributed by atoms with Crippen molar-refractivity contribution in [3.63, 3.8) is 0 Å². The van der Waals surface area contributed by atoms with Gasteiger partial charge in [-0.15, -0.1) is 0 Å². The average molecular weight is 368 g/mol. The SMILES string of the molecule is Cc1cnn2ccc(N3CCCC3c3cc(F)cnc3CCC(C)N)nc12. The van der Waals surface area contributed by atoms with Gasteiger partial charge in [-0.1, -0.05) is 0 Å². The molecule has 3 aromatic rings. The van der Waals surface area contributed by atoms with Crippen LogP contribution in [0.25, 0.3) is 5.65 Å². The van der Waals surface area contributed by atoms with Gasteiger partial charge in [0, 0.05) is 30.0 Å². The molecule has 1 aliphatic rings. The standard InChI is InChI=1S/C20H25FN6/c1-13-11-24-27-9-7-19(25-20(13)27)26-8-3-4-18(26)16-10-15(21)12-23-17(16)6-5-14(2)22/h7,9-12,14,18H,3-6,8,22H2,1-2H3. The third-order valence-electron chi connectivity index (χ3n) is 5.24. The van der Waals surface area contributed by atoms with Gasteiger partial charge in [-0.25, -0.2) is 13.9 Å². The van der Waals surface area contributed by atoms with Crippen LogP contribution < -0.4 is 10.6 Å². The predicted molar refractivity (Wildman–Crippen MR) is 103 cm³/mol. The average Bonchev–Trinajstić information content (AvgIpc) is 3.27. The van der Waals surface area contributed by atoms with E-state index in [1.807, 2.05) is 32.3 Å². The van der Waals surface area contributed by atoms with Crippen LogP contribution in [0.1, 0.15) is 49.0 Å². The molecule has 0 aromatic carbocycles. The van der Waals surface area contributed by atoms with E-state index in [9.17, 15) is 4.39 Å². The van der Waals surface area contributed by atoms with Crippen LogP contribution in [0.5, 0.6) is 0 Å². The van der Waals surface area contributed by atoms with E-state index in [2.05, 4.69) is 15.0 Å². The minimum atomic E-state index is -0.295. The molecular formula is C20H25FN6. The summed E-state index contributed by atoms with van der Waals surface area (Å²) in [5.41, 5.74) is 9.71. The molecule has 2 atom stereocenters. The van der Waals surface area contributed by atoms with Crippen LogP contribution in [0, 0.1) is 12.7 Å². The highest BCUT2D eigenvalue weighted by Crippen LogP contribution is 2.37. The van der Waals surface area contributed by atoms with Crippen molar-refractivity contribution in [1.29, 1.82) is 0 Å². The maximum Gasteiger partial charge on any atom is 0.160 e. The first kappa shape index (κ1) is 17.9. The van der Waals surface area contributed by atoms with Gasteiger partial charge in [0.15, 0.2) is 5.65 Å². The largest absolute Gasteiger partial charge is 0.349 e. The smallest absolute Gasteiger partial charge is 0.160 e. The molecular weight excluding hydrogens is 343 g/mol. The minimum absolute atomic E-state index is 0.0782. The fourth-order valence-corrected chi connectivity index (χ4v) is 3.84. The summed E-state index contributed by atoms with van der Waals surface area (Å²) in [6.45, 7) is 4.88. The van der Waals surface area contributed by atoms with Crippen LogP contribution in [0.15, 0.2) is 30.7 Å². The summed E-state index contributed by atoms with van der Waals surface area (Å²) < 4.78 is 15.8. The third kappa shape index (κ3) is 3.51. The summed E-state index contributed by atoms with van der Waals surface area (Å²) >= 11 is 0. The Bertz CT molecular complexity index is 951. The lowest BCUT2D eigenvalue weighted by atomic mass is 9.98. The lowest BCUT2D eigenvalue weighted by Gasteiger charge is -2.27. The summed E-state index contributed by atoms with van der Waals surface area (Å²) in [6, 6.07) is 3.79. The second-order valence-electron chi connectivity index (χ2n) is 7.44. The monoisotopic (exact) mass is 368 g/mol. The van der Waals surface area contributed by atoms with Crippen molar-refractivity contribution in [2.75, 3.05) is 11.4 Å². The number of hydrogen-bond donors (Lipinski definition) is 1. The van der Waals surface area contributed by atoms with Gasteiger partial charge in [0.05, 0.1) is 18.4 Å². The number of aromatic nitrogens is 4. The molecule has 1 fully saturated rings. The fourth-order valence-electron chi connectivity index (χ4n) is 3.84. The molecule has 1 saturated heterocycles. The van der Waals surface area contributed by atoms with E-state index in [1.165, 1.54) is 6.20 Å². The maximum absolute atomic E-state index is 14.0. The predicted octanol–water partition coefficient (Wildman–Crippen LogP) is 3.19. The number of hydrogen-bond acceptors (Lipinski definition) is 5. The first-order valence-corrected chi connectivity index (χ1v) is 9.50. The Balaban J connectivity index is 1.70. The molecule has 0 radical (unpaired) electrons. The number of fused-ring (bicyclic) bond motifs is 1. The third-order valence-corrected chi connectivity index (χ3v) is 5.24. The lowest BCUT2D eigenvalue weighted by Crippen LogP contribution is -2.25. The number of halogens is 1. The Hall–Kier alpha value is -2.54. The van der Waals surface area contributed by atoms with Gasteiger partial charge in [-0.05, 0) is 57.2 Å². The van der Waals surface area contributed by atoms with Gasteiger partial charge in [0.25, 0.3) is 0 Å². The van der Waals surface area contributed by atoms with E-state index < -0.39 is 0 Å². The Morgan fingerprint density at radius 1 is 1.37 bits per heavy atom. The molecule has 2 N–H and O–H groups in total. The molecule has 2 unspecified atom stereocenters. The number of nitrogens with zero attached hydrogens (tertiary/aromatic N) is 5. The van der Waals surface area contributed by atoms with Crippen LogP contribution in [0.4, 0.5) is 10.2 Å². The number of aryl methyl sites for hydroxylation is 2. The van der Waals surface area contributed by atoms with Gasteiger partial charge < -0.3 is 10.6 Å². The molecule has 142 valence electrons. The van der Waals surface area contributed by atoms with E-state index in [-0.39, 0.29) is 17.9 Å². The Morgan fingerprint density at radius 2 is 2.22 bits per heavy atom. The van der Waals surface area contributed by atoms with Crippen molar-refractivity contribution in [1.82, 2.24) is 19.6 Å². The molecule has 0 spiro atoms. The molecule has 7 heteroatoms. The van der Waals surface area contributed by atoms with Crippen LogP contribution in [-0.4, -0.2) is 32.2 Å². The molecule has 0 amide bonds. The highest BCUT2D eigenvalue weighted by molar-refractivity contribution is 5.54. The molecule has 0 saturated carbocycles. The van der Waals surface area contributed by atoms with E-state index in [0.29, 0.717) is 0 Å². The van der Waals surface area contributed by atoms with Crippen molar-refractivity contribution in [2.45, 2.75) is 51.6 Å². The first-order chi connectivity index (χ1) is 13.0. The number of rotatable bonds is 5. The second-order valence-corrected chi connectivity index (χ2v) is 7.44. The van der Waals surface area contributed by atoms with Crippen LogP contribution in [0.2, 0.25) is 0 Å². The molecule has 6 nitrogen and oxygen atoms in total. The summed E-state index contributed by atoms with van der Waals surface area (Å²) in [5, 5.41) is 4.29. The van der Waals surface area contributed by atoms with Crippen LogP contribution >= 0.6 is 0 Å². The van der Waals surface area contributed by atoms with Crippen molar-refractivity contribution >= 4 is 11.5 Å². The van der Waals surface area contributed by atoms with Crippen LogP contribution in [0.3, 0.4) is 0 Å². The molecule has 0 bridgehead atoms. The minimum Gasteiger partial charge on any atom is -0.349 e. The lowest BCUT2D eigenvalue weighted by molar-refractivity contribution is 0.595. The summed E-state index contributed by atoms with van der Waals surface area (Å²) in [4.78, 5) is 11.5. The van der Waals surface area contributed by atoms with Crippen molar-refractivity contribution in [3.8, 4) is 0 Å². The summed E-state index contributed by atoms with van der Waals surface area (Å²) in [6.07, 6.45) is 8.64. The van der Waals surface area contributed by atoms with Crippen LogP contribution in [-0.2, 0) is 6.42 Å². The number of nitrogens with two attached hydrogens (primary N) is 1. The van der Waals surface area contributed by atoms with E-state index in [4.69, 9.17) is 10.7 Å². The van der Waals surface area contributed by atoms with Gasteiger partial charge in [-0.2, -0.15) is 5.10 Å². The Kier molecular flexibility index (Phi) is 4.78. The van der Waals surface area contributed by atoms with Crippen molar-refractivity contribution in [3.05, 3.63) is 53.4 Å². The van der Waals surface area contributed by atoms with Crippen molar-refractivity contribution < 1.29 is 4.39 Å². The quantitative estimate of drug-likeness (QED) is 0.749. The fraction of sp³-hybridized carbons (Fsp3) is 0.450. The van der Waals surface area contributed by atoms with Gasteiger partial charge in [0.1, 0.15) is 11.6 Å². The number of pyridine rings is 1. The number of anilines is 1. The zero-order valence-electron chi connectivity index (χ0n) is 15.8. The topological polar surface area (TPSA) is 72.3 Å². The molecule has 4 rings (SSSR count). The van der Waals surface area contributed by atoms with E-state index in [1.54, 1.807) is 10.6 Å².